The first-order valence-electron chi connectivity index (χ1n) is 12.5. The molecule has 5 rings (SSSR count). The van der Waals surface area contributed by atoms with E-state index >= 15 is 0 Å². The third kappa shape index (κ3) is 3.70. The first-order valence-corrected chi connectivity index (χ1v) is 11.0. The van der Waals surface area contributed by atoms with Crippen molar-refractivity contribution in [2.75, 3.05) is 29.6 Å². The predicted octanol–water partition coefficient (Wildman–Crippen LogP) is 2.11. The minimum Gasteiger partial charge on any atom is -0.363 e. The van der Waals surface area contributed by atoms with Crippen LogP contribution in [0.5, 0.6) is 0 Å². The summed E-state index contributed by atoms with van der Waals surface area (Å²) in [6.07, 6.45) is 3.21. The summed E-state index contributed by atoms with van der Waals surface area (Å²) in [6.45, 7) is 1.86. The minimum atomic E-state index is -2.73. The predicted molar refractivity (Wildman–Crippen MR) is 126 cm³/mol. The Morgan fingerprint density at radius 1 is 1.26 bits per heavy atom. The van der Waals surface area contributed by atoms with Crippen molar-refractivity contribution in [3.05, 3.63) is 29.7 Å². The number of hydrogen-bond donors (Lipinski definition) is 3. The van der Waals surface area contributed by atoms with Gasteiger partial charge >= 0.3 is 0 Å². The maximum atomic E-state index is 12.8. The van der Waals surface area contributed by atoms with E-state index in [-0.39, 0.29) is 35.1 Å². The van der Waals surface area contributed by atoms with Gasteiger partial charge in [0.05, 0.1) is 24.0 Å². The summed E-state index contributed by atoms with van der Waals surface area (Å²) in [4.78, 5) is 33.2. The molecule has 1 aliphatic carbocycles. The van der Waals surface area contributed by atoms with E-state index in [9.17, 15) is 9.59 Å². The second-order valence-corrected chi connectivity index (χ2v) is 8.30. The monoisotopic (exact) mass is 465 g/mol. The lowest BCUT2D eigenvalue weighted by atomic mass is 9.99. The zero-order valence-corrected chi connectivity index (χ0v) is 19.0. The Labute approximate surface area is 200 Å². The van der Waals surface area contributed by atoms with Crippen LogP contribution < -0.4 is 20.9 Å². The number of nitrogens with one attached hydrogen (secondary N) is 3. The van der Waals surface area contributed by atoms with Crippen LogP contribution in [0.2, 0.25) is 0 Å². The van der Waals surface area contributed by atoms with Crippen molar-refractivity contribution in [2.45, 2.75) is 39.3 Å². The molecule has 0 bridgehead atoms. The van der Waals surface area contributed by atoms with Crippen LogP contribution in [0.15, 0.2) is 18.3 Å². The summed E-state index contributed by atoms with van der Waals surface area (Å²) in [5.74, 6) is -0.686. The Hall–Kier alpha value is -4.09. The smallest absolute Gasteiger partial charge is 0.273 e. The highest BCUT2D eigenvalue weighted by Crippen LogP contribution is 2.45. The molecule has 0 radical (unpaired) electrons. The number of carbonyl (C=O) groups is 2. The van der Waals surface area contributed by atoms with Gasteiger partial charge in [0.2, 0.25) is 5.91 Å². The largest absolute Gasteiger partial charge is 0.363 e. The molecular weight excluding hydrogens is 436 g/mol. The third-order valence-corrected chi connectivity index (χ3v) is 6.05. The molecular formula is C22H26N10O2. The molecule has 2 amide bonds. The van der Waals surface area contributed by atoms with Crippen molar-refractivity contribution in [1.29, 1.82) is 0 Å². The van der Waals surface area contributed by atoms with Gasteiger partial charge in [-0.15, -0.1) is 10.2 Å². The molecule has 4 heterocycles. The molecule has 34 heavy (non-hydrogen) atoms. The molecule has 12 heteroatoms. The molecule has 1 aliphatic heterocycles. The summed E-state index contributed by atoms with van der Waals surface area (Å²) in [5, 5.41) is 24.8. The molecule has 0 unspecified atom stereocenters. The van der Waals surface area contributed by atoms with Crippen LogP contribution in [0.25, 0.3) is 11.3 Å². The van der Waals surface area contributed by atoms with E-state index in [4.69, 9.17) is 4.11 Å². The molecule has 3 aromatic rings. The third-order valence-electron chi connectivity index (χ3n) is 6.05. The molecule has 0 aromatic carbocycles. The highest BCUT2D eigenvalue weighted by Gasteiger charge is 2.33. The Morgan fingerprint density at radius 3 is 2.82 bits per heavy atom. The topological polar surface area (TPSA) is 143 Å². The van der Waals surface area contributed by atoms with Gasteiger partial charge in [0.1, 0.15) is 11.4 Å². The molecule has 3 N–H and O–H groups in total. The number of pyridine rings is 1. The SMILES string of the molecule is [2H]C([2H])([2H])NC(=O)c1nnc(NC(=O)C2CC2)cc1Nc1nccc2c1N(C)[C@H](C)c1nn(CC)nc1-2. The fourth-order valence-electron chi connectivity index (χ4n) is 3.92. The summed E-state index contributed by atoms with van der Waals surface area (Å²) in [5.41, 5.74) is 2.96. The molecule has 12 nitrogen and oxygen atoms in total. The molecule has 1 fully saturated rings. The van der Waals surface area contributed by atoms with E-state index in [0.717, 1.165) is 29.8 Å². The van der Waals surface area contributed by atoms with Gasteiger partial charge in [0.15, 0.2) is 17.3 Å². The van der Waals surface area contributed by atoms with Gasteiger partial charge in [-0.2, -0.15) is 15.0 Å². The van der Waals surface area contributed by atoms with E-state index in [2.05, 4.69) is 36.0 Å². The number of aryl methyl sites for hydroxylation is 1. The number of rotatable bonds is 6. The summed E-state index contributed by atoms with van der Waals surface area (Å²) in [7, 11) is 1.90. The van der Waals surface area contributed by atoms with Crippen molar-refractivity contribution in [1.82, 2.24) is 35.5 Å². The van der Waals surface area contributed by atoms with Crippen LogP contribution in [0, 0.1) is 5.92 Å². The van der Waals surface area contributed by atoms with Gasteiger partial charge < -0.3 is 20.9 Å². The fourth-order valence-corrected chi connectivity index (χ4v) is 3.92. The number of carbonyl (C=O) groups excluding carboxylic acids is 2. The number of fused-ring (bicyclic) bond motifs is 3. The lowest BCUT2D eigenvalue weighted by molar-refractivity contribution is -0.117. The van der Waals surface area contributed by atoms with Gasteiger partial charge in [-0.05, 0) is 32.8 Å². The van der Waals surface area contributed by atoms with Crippen LogP contribution in [-0.2, 0) is 11.3 Å². The van der Waals surface area contributed by atoms with Crippen LogP contribution in [0.1, 0.15) is 53.0 Å². The normalized spacial score (nSPS) is 18.1. The zero-order valence-electron chi connectivity index (χ0n) is 22.0. The Bertz CT molecular complexity index is 1390. The molecule has 1 saturated carbocycles. The lowest BCUT2D eigenvalue weighted by Gasteiger charge is -2.33. The molecule has 0 saturated heterocycles. The van der Waals surface area contributed by atoms with Crippen LogP contribution in [-0.4, -0.2) is 56.0 Å². The van der Waals surface area contributed by atoms with Gasteiger partial charge in [-0.25, -0.2) is 4.98 Å². The van der Waals surface area contributed by atoms with E-state index in [1.54, 1.807) is 11.0 Å². The van der Waals surface area contributed by atoms with E-state index < -0.39 is 12.9 Å². The molecule has 3 aromatic heterocycles. The zero-order chi connectivity index (χ0) is 26.5. The average molecular weight is 466 g/mol. The van der Waals surface area contributed by atoms with Crippen molar-refractivity contribution in [3.8, 4) is 11.3 Å². The van der Waals surface area contributed by atoms with Gasteiger partial charge in [0, 0.05) is 41.9 Å². The second-order valence-electron chi connectivity index (χ2n) is 8.30. The molecule has 2 aliphatic rings. The Morgan fingerprint density at radius 2 is 2.09 bits per heavy atom. The highest BCUT2D eigenvalue weighted by molar-refractivity contribution is 6.00. The summed E-state index contributed by atoms with van der Waals surface area (Å²) < 4.78 is 22.2. The Balaban J connectivity index is 1.56. The van der Waals surface area contributed by atoms with Crippen molar-refractivity contribution in [2.24, 2.45) is 5.92 Å². The van der Waals surface area contributed by atoms with E-state index in [0.29, 0.717) is 18.1 Å². The minimum absolute atomic E-state index is 0.0691. The first-order chi connectivity index (χ1) is 17.6. The summed E-state index contributed by atoms with van der Waals surface area (Å²) in [6, 6.07) is 3.16. The Kier molecular flexibility index (Phi) is 4.51. The second kappa shape index (κ2) is 8.36. The molecule has 0 spiro atoms. The number of amides is 2. The molecule has 1 atom stereocenters. The maximum absolute atomic E-state index is 12.8. The van der Waals surface area contributed by atoms with Crippen molar-refractivity contribution >= 4 is 34.8 Å². The van der Waals surface area contributed by atoms with Gasteiger partial charge in [0.25, 0.3) is 5.91 Å². The summed E-state index contributed by atoms with van der Waals surface area (Å²) >= 11 is 0. The number of anilines is 4. The van der Waals surface area contributed by atoms with Crippen LogP contribution in [0.4, 0.5) is 23.0 Å². The van der Waals surface area contributed by atoms with Gasteiger partial charge in [-0.3, -0.25) is 9.59 Å². The first kappa shape index (κ1) is 18.3. The average Bonchev–Trinajstić information content (AvgIpc) is 3.60. The van der Waals surface area contributed by atoms with Crippen molar-refractivity contribution < 1.29 is 13.7 Å². The van der Waals surface area contributed by atoms with E-state index in [1.165, 1.54) is 6.07 Å². The standard InChI is InChI=1S/C22H26N10O2/c1-5-32-29-16-11(2)31(4)19-13(17(16)30-32)8-9-24-20(19)25-14-10-15(26-21(33)12-6-7-12)27-28-18(14)22(34)23-3/h8-12H,5-7H2,1-4H3,(H,23,34)(H2,24,25,26,27,33)/t11-/m1/s1/i3D3. The number of aromatic nitrogens is 6. The molecule has 176 valence electrons. The number of nitrogens with zero attached hydrogens (tertiary/aromatic N) is 7. The van der Waals surface area contributed by atoms with E-state index in [1.807, 2.05) is 37.2 Å². The fraction of sp³-hybridized carbons (Fsp3) is 0.409. The van der Waals surface area contributed by atoms with Crippen LogP contribution >= 0.6 is 0 Å². The highest BCUT2D eigenvalue weighted by atomic mass is 16.2. The van der Waals surface area contributed by atoms with Crippen LogP contribution in [0.3, 0.4) is 0 Å². The number of hydrogen-bond acceptors (Lipinski definition) is 9. The quantitative estimate of drug-likeness (QED) is 0.499. The lowest BCUT2D eigenvalue weighted by Crippen LogP contribution is -2.28. The maximum Gasteiger partial charge on any atom is 0.273 e. The van der Waals surface area contributed by atoms with Gasteiger partial charge in [-0.1, -0.05) is 0 Å². The van der Waals surface area contributed by atoms with Crippen molar-refractivity contribution in [3.63, 3.8) is 0 Å².